The molecule has 0 saturated heterocycles. The van der Waals surface area contributed by atoms with Gasteiger partial charge in [0.25, 0.3) is 0 Å². The molecule has 6 nitrogen and oxygen atoms in total. The average Bonchev–Trinajstić information content (AvgIpc) is 2.36. The van der Waals surface area contributed by atoms with Crippen LogP contribution in [0.5, 0.6) is 0 Å². The topological polar surface area (TPSA) is 95.5 Å². The van der Waals surface area contributed by atoms with E-state index in [4.69, 9.17) is 5.11 Å². The Balaban J connectivity index is 2.60. The molecule has 6 heteroatoms. The molecule has 0 fully saturated rings. The molecule has 2 amide bonds. The normalized spacial score (nSPS) is 10.9. The van der Waals surface area contributed by atoms with Crippen LogP contribution in [0.3, 0.4) is 0 Å². The van der Waals surface area contributed by atoms with Crippen LogP contribution in [0, 0.1) is 12.3 Å². The minimum atomic E-state index is -1.06. The van der Waals surface area contributed by atoms with Crippen LogP contribution in [0.15, 0.2) is 18.2 Å². The number of hydrogen-bond donors (Lipinski definition) is 3. The number of rotatable bonds is 5. The summed E-state index contributed by atoms with van der Waals surface area (Å²) in [6.07, 6.45) is 0.327. The highest BCUT2D eigenvalue weighted by Crippen LogP contribution is 2.18. The van der Waals surface area contributed by atoms with Crippen LogP contribution in [0.1, 0.15) is 43.1 Å². The third-order valence-corrected chi connectivity index (χ3v) is 2.90. The molecule has 0 atom stereocenters. The molecular formula is C16H22N2O4. The summed E-state index contributed by atoms with van der Waals surface area (Å²) in [6, 6.07) is 4.49. The van der Waals surface area contributed by atoms with Gasteiger partial charge in [-0.25, -0.2) is 4.79 Å². The van der Waals surface area contributed by atoms with Gasteiger partial charge in [-0.2, -0.15) is 0 Å². The van der Waals surface area contributed by atoms with Crippen molar-refractivity contribution in [2.75, 3.05) is 11.9 Å². The molecule has 1 rings (SSSR count). The monoisotopic (exact) mass is 306 g/mol. The Kier molecular flexibility index (Phi) is 5.68. The van der Waals surface area contributed by atoms with Crippen molar-refractivity contribution >= 4 is 23.5 Å². The molecule has 22 heavy (non-hydrogen) atoms. The number of carboxylic acid groups (broad SMARTS) is 1. The molecule has 1 aromatic carbocycles. The van der Waals surface area contributed by atoms with Crippen LogP contribution < -0.4 is 10.6 Å². The molecule has 0 unspecified atom stereocenters. The van der Waals surface area contributed by atoms with Crippen molar-refractivity contribution in [3.63, 3.8) is 0 Å². The van der Waals surface area contributed by atoms with Gasteiger partial charge in [0.15, 0.2) is 0 Å². The first-order chi connectivity index (χ1) is 10.1. The molecule has 0 heterocycles. The second kappa shape index (κ2) is 7.06. The first-order valence-electron chi connectivity index (χ1n) is 6.99. The summed E-state index contributed by atoms with van der Waals surface area (Å²) in [4.78, 5) is 34.4. The van der Waals surface area contributed by atoms with Gasteiger partial charge in [0.2, 0.25) is 11.8 Å². The summed E-state index contributed by atoms with van der Waals surface area (Å²) in [5.74, 6) is -1.65. The van der Waals surface area contributed by atoms with E-state index in [2.05, 4.69) is 10.6 Å². The van der Waals surface area contributed by atoms with Crippen LogP contribution in [-0.4, -0.2) is 29.4 Å². The van der Waals surface area contributed by atoms with E-state index in [1.807, 2.05) is 20.8 Å². The number of amides is 2. The highest BCUT2D eigenvalue weighted by Gasteiger charge is 2.16. The number of carbonyl (C=O) groups excluding carboxylic acids is 2. The van der Waals surface area contributed by atoms with Gasteiger partial charge in [-0.1, -0.05) is 26.8 Å². The van der Waals surface area contributed by atoms with E-state index in [-0.39, 0.29) is 23.4 Å². The third kappa shape index (κ3) is 5.95. The highest BCUT2D eigenvalue weighted by molar-refractivity contribution is 5.97. The van der Waals surface area contributed by atoms with Crippen molar-refractivity contribution in [1.29, 1.82) is 0 Å². The van der Waals surface area contributed by atoms with Crippen molar-refractivity contribution < 1.29 is 19.5 Å². The standard InChI is InChI=1S/C16H22N2O4/c1-10-5-6-11(15(21)22)7-12(10)18-14(20)9-17-13(19)8-16(2,3)4/h5-7H,8-9H2,1-4H3,(H,17,19)(H,18,20)(H,21,22). The zero-order valence-electron chi connectivity index (χ0n) is 13.3. The molecule has 0 aliphatic rings. The Hall–Kier alpha value is -2.37. The lowest BCUT2D eigenvalue weighted by Gasteiger charge is -2.17. The van der Waals surface area contributed by atoms with Gasteiger partial charge in [-0.15, -0.1) is 0 Å². The Labute approximate surface area is 129 Å². The number of anilines is 1. The van der Waals surface area contributed by atoms with Gasteiger partial charge in [0, 0.05) is 12.1 Å². The first-order valence-corrected chi connectivity index (χ1v) is 6.99. The Morgan fingerprint density at radius 1 is 1.14 bits per heavy atom. The fraction of sp³-hybridized carbons (Fsp3) is 0.438. The first kappa shape index (κ1) is 17.7. The quantitative estimate of drug-likeness (QED) is 0.777. The number of aryl methyl sites for hydroxylation is 1. The van der Waals surface area contributed by atoms with E-state index in [0.29, 0.717) is 12.1 Å². The van der Waals surface area contributed by atoms with E-state index >= 15 is 0 Å². The van der Waals surface area contributed by atoms with E-state index in [9.17, 15) is 14.4 Å². The average molecular weight is 306 g/mol. The van der Waals surface area contributed by atoms with Crippen molar-refractivity contribution in [2.45, 2.75) is 34.1 Å². The molecule has 0 bridgehead atoms. The molecule has 0 aromatic heterocycles. The van der Waals surface area contributed by atoms with Crippen LogP contribution >= 0.6 is 0 Å². The molecule has 0 aliphatic heterocycles. The van der Waals surface area contributed by atoms with E-state index in [0.717, 1.165) is 5.56 Å². The molecule has 3 N–H and O–H groups in total. The number of nitrogens with one attached hydrogen (secondary N) is 2. The largest absolute Gasteiger partial charge is 0.478 e. The van der Waals surface area contributed by atoms with E-state index in [1.165, 1.54) is 12.1 Å². The maximum Gasteiger partial charge on any atom is 0.335 e. The highest BCUT2D eigenvalue weighted by atomic mass is 16.4. The number of hydrogen-bond acceptors (Lipinski definition) is 3. The second-order valence-corrected chi connectivity index (χ2v) is 6.40. The predicted molar refractivity (Wildman–Crippen MR) is 83.8 cm³/mol. The smallest absolute Gasteiger partial charge is 0.335 e. The van der Waals surface area contributed by atoms with Gasteiger partial charge in [0.05, 0.1) is 12.1 Å². The van der Waals surface area contributed by atoms with Crippen LogP contribution in [0.2, 0.25) is 0 Å². The summed E-state index contributed by atoms with van der Waals surface area (Å²) in [7, 11) is 0. The maximum atomic E-state index is 11.8. The van der Waals surface area contributed by atoms with Crippen molar-refractivity contribution in [1.82, 2.24) is 5.32 Å². The third-order valence-electron chi connectivity index (χ3n) is 2.90. The Morgan fingerprint density at radius 3 is 2.32 bits per heavy atom. The van der Waals surface area contributed by atoms with Crippen molar-refractivity contribution in [2.24, 2.45) is 5.41 Å². The fourth-order valence-corrected chi connectivity index (χ4v) is 1.81. The van der Waals surface area contributed by atoms with Crippen LogP contribution in [-0.2, 0) is 9.59 Å². The van der Waals surface area contributed by atoms with Gasteiger partial charge in [-0.3, -0.25) is 9.59 Å². The lowest BCUT2D eigenvalue weighted by Crippen LogP contribution is -2.34. The van der Waals surface area contributed by atoms with Crippen molar-refractivity contribution in [3.8, 4) is 0 Å². The van der Waals surface area contributed by atoms with Crippen molar-refractivity contribution in [3.05, 3.63) is 29.3 Å². The Bertz CT molecular complexity index is 588. The molecule has 0 saturated carbocycles. The van der Waals surface area contributed by atoms with E-state index in [1.54, 1.807) is 13.0 Å². The molecule has 0 spiro atoms. The van der Waals surface area contributed by atoms with E-state index < -0.39 is 11.9 Å². The minimum Gasteiger partial charge on any atom is -0.478 e. The van der Waals surface area contributed by atoms with Gasteiger partial charge < -0.3 is 15.7 Å². The lowest BCUT2D eigenvalue weighted by molar-refractivity contribution is -0.125. The maximum absolute atomic E-state index is 11.8. The SMILES string of the molecule is Cc1ccc(C(=O)O)cc1NC(=O)CNC(=O)CC(C)(C)C. The van der Waals surface area contributed by atoms with Gasteiger partial charge >= 0.3 is 5.97 Å². The zero-order chi connectivity index (χ0) is 16.9. The molecule has 1 aromatic rings. The van der Waals surface area contributed by atoms with Crippen LogP contribution in [0.25, 0.3) is 0 Å². The molecule has 0 radical (unpaired) electrons. The Morgan fingerprint density at radius 2 is 1.77 bits per heavy atom. The predicted octanol–water partition coefficient (Wildman–Crippen LogP) is 2.18. The minimum absolute atomic E-state index is 0.0951. The summed E-state index contributed by atoms with van der Waals surface area (Å²) in [5.41, 5.74) is 1.12. The summed E-state index contributed by atoms with van der Waals surface area (Å²) < 4.78 is 0. The van der Waals surface area contributed by atoms with Crippen LogP contribution in [0.4, 0.5) is 5.69 Å². The summed E-state index contributed by atoms with van der Waals surface area (Å²) in [6.45, 7) is 7.43. The molecular weight excluding hydrogens is 284 g/mol. The summed E-state index contributed by atoms with van der Waals surface area (Å²) >= 11 is 0. The molecule has 120 valence electrons. The second-order valence-electron chi connectivity index (χ2n) is 6.40. The molecule has 0 aliphatic carbocycles. The summed E-state index contributed by atoms with van der Waals surface area (Å²) in [5, 5.41) is 14.1. The lowest BCUT2D eigenvalue weighted by atomic mass is 9.92. The number of benzene rings is 1. The number of carbonyl (C=O) groups is 3. The number of carboxylic acids is 1. The fourth-order valence-electron chi connectivity index (χ4n) is 1.81. The van der Waals surface area contributed by atoms with Gasteiger partial charge in [-0.05, 0) is 30.0 Å². The van der Waals surface area contributed by atoms with Gasteiger partial charge in [0.1, 0.15) is 0 Å². The number of aromatic carboxylic acids is 1. The zero-order valence-corrected chi connectivity index (χ0v) is 13.3.